The predicted octanol–water partition coefficient (Wildman–Crippen LogP) is 4.05. The Morgan fingerprint density at radius 2 is 1.77 bits per heavy atom. The summed E-state index contributed by atoms with van der Waals surface area (Å²) in [5, 5.41) is 11.6. The van der Waals surface area contributed by atoms with Crippen molar-refractivity contribution in [3.8, 4) is 0 Å². The predicted molar refractivity (Wildman–Crippen MR) is 120 cm³/mol. The summed E-state index contributed by atoms with van der Waals surface area (Å²) in [5.41, 5.74) is 4.28. The van der Waals surface area contributed by atoms with Crippen LogP contribution in [-0.4, -0.2) is 21.4 Å². The molecular formula is C23H20N4O2S. The molecule has 0 atom stereocenters. The first-order valence-electron chi connectivity index (χ1n) is 9.62. The first-order chi connectivity index (χ1) is 14.7. The highest BCUT2D eigenvalue weighted by Crippen LogP contribution is 2.15. The highest BCUT2D eigenvalue weighted by atomic mass is 32.1. The van der Waals surface area contributed by atoms with Crippen LogP contribution in [0.1, 0.15) is 34.3 Å². The quantitative estimate of drug-likeness (QED) is 0.381. The lowest BCUT2D eigenvalue weighted by atomic mass is 10.1. The van der Waals surface area contributed by atoms with Crippen molar-refractivity contribution < 1.29 is 4.79 Å². The van der Waals surface area contributed by atoms with Gasteiger partial charge in [-0.05, 0) is 29.5 Å². The Hall–Kier alpha value is -3.58. The molecule has 0 spiro atoms. The number of thiophene rings is 1. The Kier molecular flexibility index (Phi) is 5.81. The maximum Gasteiger partial charge on any atom is 0.292 e. The summed E-state index contributed by atoms with van der Waals surface area (Å²) in [6.07, 6.45) is 0.683. The van der Waals surface area contributed by atoms with E-state index in [0.717, 1.165) is 16.2 Å². The summed E-state index contributed by atoms with van der Waals surface area (Å²) in [6.45, 7) is 2.27. The van der Waals surface area contributed by atoms with Crippen LogP contribution in [0.25, 0.3) is 10.8 Å². The van der Waals surface area contributed by atoms with Gasteiger partial charge in [-0.1, -0.05) is 61.5 Å². The van der Waals surface area contributed by atoms with Crippen molar-refractivity contribution in [2.75, 3.05) is 0 Å². The molecule has 7 heteroatoms. The number of hydrogen-bond donors (Lipinski definition) is 1. The number of nitrogens with zero attached hydrogens (tertiary/aromatic N) is 3. The zero-order valence-corrected chi connectivity index (χ0v) is 17.2. The SMILES string of the molecule is CC/C(=N/NC(=O)c1nn(Cc2ccccc2)c(=O)c2ccccc12)c1cccs1. The third kappa shape index (κ3) is 4.06. The second kappa shape index (κ2) is 8.84. The molecule has 30 heavy (non-hydrogen) atoms. The zero-order valence-electron chi connectivity index (χ0n) is 16.4. The van der Waals surface area contributed by atoms with Gasteiger partial charge in [0, 0.05) is 5.39 Å². The van der Waals surface area contributed by atoms with Crippen LogP contribution in [-0.2, 0) is 6.54 Å². The van der Waals surface area contributed by atoms with E-state index in [-0.39, 0.29) is 17.8 Å². The minimum Gasteiger partial charge on any atom is -0.267 e. The fraction of sp³-hybridized carbons (Fsp3) is 0.130. The summed E-state index contributed by atoms with van der Waals surface area (Å²) < 4.78 is 1.33. The van der Waals surface area contributed by atoms with Gasteiger partial charge >= 0.3 is 0 Å². The maximum absolute atomic E-state index is 13.0. The smallest absolute Gasteiger partial charge is 0.267 e. The van der Waals surface area contributed by atoms with Crippen LogP contribution in [0.3, 0.4) is 0 Å². The zero-order chi connectivity index (χ0) is 20.9. The van der Waals surface area contributed by atoms with Crippen molar-refractivity contribution in [2.45, 2.75) is 19.9 Å². The van der Waals surface area contributed by atoms with Crippen LogP contribution >= 0.6 is 11.3 Å². The molecule has 0 saturated carbocycles. The van der Waals surface area contributed by atoms with Gasteiger partial charge < -0.3 is 0 Å². The van der Waals surface area contributed by atoms with Gasteiger partial charge in [0.2, 0.25) is 0 Å². The van der Waals surface area contributed by atoms with Crippen LogP contribution in [0, 0.1) is 0 Å². The van der Waals surface area contributed by atoms with Crippen molar-refractivity contribution in [2.24, 2.45) is 5.10 Å². The number of benzene rings is 2. The lowest BCUT2D eigenvalue weighted by Gasteiger charge is -2.10. The van der Waals surface area contributed by atoms with E-state index in [1.165, 1.54) is 4.68 Å². The van der Waals surface area contributed by atoms with Crippen molar-refractivity contribution in [3.63, 3.8) is 0 Å². The van der Waals surface area contributed by atoms with Gasteiger partial charge in [-0.3, -0.25) is 9.59 Å². The van der Waals surface area contributed by atoms with Gasteiger partial charge in [-0.25, -0.2) is 10.1 Å². The van der Waals surface area contributed by atoms with Gasteiger partial charge in [0.15, 0.2) is 5.69 Å². The number of hydrogen-bond acceptors (Lipinski definition) is 5. The van der Waals surface area contributed by atoms with Crippen LogP contribution in [0.5, 0.6) is 0 Å². The molecule has 150 valence electrons. The highest BCUT2D eigenvalue weighted by molar-refractivity contribution is 7.12. The van der Waals surface area contributed by atoms with Gasteiger partial charge in [0.25, 0.3) is 11.5 Å². The number of amides is 1. The van der Waals surface area contributed by atoms with Crippen LogP contribution in [0.15, 0.2) is 82.0 Å². The average molecular weight is 417 g/mol. The number of carbonyl (C=O) groups excluding carboxylic acids is 1. The summed E-state index contributed by atoms with van der Waals surface area (Å²) in [5.74, 6) is -0.449. The second-order valence-corrected chi connectivity index (χ2v) is 7.62. The molecule has 4 aromatic rings. The summed E-state index contributed by atoms with van der Waals surface area (Å²) in [4.78, 5) is 26.9. The number of nitrogens with one attached hydrogen (secondary N) is 1. The topological polar surface area (TPSA) is 76.3 Å². The number of carbonyl (C=O) groups is 1. The van der Waals surface area contributed by atoms with E-state index in [1.54, 1.807) is 35.6 Å². The van der Waals surface area contributed by atoms with Crippen LogP contribution < -0.4 is 11.0 Å². The fourth-order valence-corrected chi connectivity index (χ4v) is 3.98. The lowest BCUT2D eigenvalue weighted by Crippen LogP contribution is -2.29. The average Bonchev–Trinajstić information content (AvgIpc) is 3.31. The Morgan fingerprint density at radius 3 is 2.47 bits per heavy atom. The number of aromatic nitrogens is 2. The van der Waals surface area contributed by atoms with E-state index in [9.17, 15) is 9.59 Å². The minimum atomic E-state index is -0.449. The molecule has 0 bridgehead atoms. The van der Waals surface area contributed by atoms with E-state index in [2.05, 4.69) is 15.6 Å². The number of hydrazone groups is 1. The van der Waals surface area contributed by atoms with Crippen molar-refractivity contribution >= 4 is 33.7 Å². The molecular weight excluding hydrogens is 396 g/mol. The fourth-order valence-electron chi connectivity index (χ4n) is 3.19. The van der Waals surface area contributed by atoms with Gasteiger partial charge in [0.1, 0.15) is 0 Å². The summed E-state index contributed by atoms with van der Waals surface area (Å²) >= 11 is 1.57. The summed E-state index contributed by atoms with van der Waals surface area (Å²) in [6, 6.07) is 20.5. The van der Waals surface area contributed by atoms with Crippen LogP contribution in [0.4, 0.5) is 0 Å². The maximum atomic E-state index is 13.0. The third-order valence-corrected chi connectivity index (χ3v) is 5.61. The largest absolute Gasteiger partial charge is 0.292 e. The van der Waals surface area contributed by atoms with Gasteiger partial charge in [0.05, 0.1) is 22.5 Å². The van der Waals surface area contributed by atoms with E-state index in [0.29, 0.717) is 17.2 Å². The number of fused-ring (bicyclic) bond motifs is 1. The first-order valence-corrected chi connectivity index (χ1v) is 10.5. The molecule has 0 unspecified atom stereocenters. The monoisotopic (exact) mass is 416 g/mol. The second-order valence-electron chi connectivity index (χ2n) is 6.67. The third-order valence-electron chi connectivity index (χ3n) is 4.69. The first kappa shape index (κ1) is 19.7. The molecule has 2 aromatic heterocycles. The molecule has 0 aliphatic carbocycles. The van der Waals surface area contributed by atoms with E-state index in [1.807, 2.05) is 54.8 Å². The van der Waals surface area contributed by atoms with Gasteiger partial charge in [-0.15, -0.1) is 11.3 Å². The number of rotatable bonds is 6. The minimum absolute atomic E-state index is 0.173. The highest BCUT2D eigenvalue weighted by Gasteiger charge is 2.17. The molecule has 4 rings (SSSR count). The van der Waals surface area contributed by atoms with Crippen molar-refractivity contribution in [1.29, 1.82) is 0 Å². The molecule has 0 aliphatic heterocycles. The van der Waals surface area contributed by atoms with Crippen molar-refractivity contribution in [3.05, 3.63) is 98.6 Å². The molecule has 0 radical (unpaired) electrons. The van der Waals surface area contributed by atoms with E-state index < -0.39 is 5.91 Å². The van der Waals surface area contributed by atoms with E-state index >= 15 is 0 Å². The normalized spacial score (nSPS) is 11.6. The molecule has 1 amide bonds. The molecule has 6 nitrogen and oxygen atoms in total. The summed E-state index contributed by atoms with van der Waals surface area (Å²) in [7, 11) is 0. The Labute approximate surface area is 177 Å². The molecule has 2 aromatic carbocycles. The molecule has 0 saturated heterocycles. The molecule has 1 N–H and O–H groups in total. The van der Waals surface area contributed by atoms with Crippen LogP contribution in [0.2, 0.25) is 0 Å². The molecule has 0 fully saturated rings. The van der Waals surface area contributed by atoms with Gasteiger partial charge in [-0.2, -0.15) is 10.2 Å². The molecule has 2 heterocycles. The Morgan fingerprint density at radius 1 is 1.03 bits per heavy atom. The standard InChI is InChI=1S/C23H20N4O2S/c1-2-19(20-13-8-14-30-20)24-25-22(28)21-17-11-6-7-12-18(17)23(29)27(26-21)15-16-9-4-3-5-10-16/h3-14H,2,15H2,1H3,(H,25,28)/b24-19-. The van der Waals surface area contributed by atoms with Crippen molar-refractivity contribution in [1.82, 2.24) is 15.2 Å². The lowest BCUT2D eigenvalue weighted by molar-refractivity contribution is 0.0949. The van der Waals surface area contributed by atoms with E-state index in [4.69, 9.17) is 0 Å². The molecule has 0 aliphatic rings. The Bertz CT molecular complexity index is 1260. The Balaban J connectivity index is 1.73.